The minimum absolute atomic E-state index is 0.0225. The predicted molar refractivity (Wildman–Crippen MR) is 81.6 cm³/mol. The van der Waals surface area contributed by atoms with Gasteiger partial charge in [-0.05, 0) is 38.5 Å². The van der Waals surface area contributed by atoms with E-state index in [2.05, 4.69) is 0 Å². The van der Waals surface area contributed by atoms with Crippen LogP contribution < -0.4 is 5.73 Å². The van der Waals surface area contributed by atoms with Gasteiger partial charge in [0.1, 0.15) is 10.8 Å². The maximum absolute atomic E-state index is 13.5. The van der Waals surface area contributed by atoms with Crippen LogP contribution in [-0.4, -0.2) is 30.3 Å². The largest absolute Gasteiger partial charge is 0.389 e. The van der Waals surface area contributed by atoms with Crippen molar-refractivity contribution in [1.82, 2.24) is 4.31 Å². The van der Waals surface area contributed by atoms with E-state index in [-0.39, 0.29) is 15.4 Å². The molecule has 0 unspecified atom stereocenters. The quantitative estimate of drug-likeness (QED) is 0.846. The first-order chi connectivity index (χ1) is 9.04. The molecule has 0 aromatic heterocycles. The van der Waals surface area contributed by atoms with Crippen molar-refractivity contribution in [2.45, 2.75) is 37.6 Å². The summed E-state index contributed by atoms with van der Waals surface area (Å²) >= 11 is 4.72. The van der Waals surface area contributed by atoms with Crippen molar-refractivity contribution in [3.05, 3.63) is 29.6 Å². The molecule has 0 amide bonds. The summed E-state index contributed by atoms with van der Waals surface area (Å²) in [5, 5.41) is 0. The van der Waals surface area contributed by atoms with E-state index in [1.807, 2.05) is 20.8 Å². The minimum Gasteiger partial charge on any atom is -0.389 e. The number of halogens is 1. The summed E-state index contributed by atoms with van der Waals surface area (Å²) in [4.78, 5) is -0.192. The fourth-order valence-corrected chi connectivity index (χ4v) is 3.32. The van der Waals surface area contributed by atoms with Crippen LogP contribution in [0.2, 0.25) is 0 Å². The zero-order chi connectivity index (χ0) is 15.7. The number of nitrogens with two attached hydrogens (primary N) is 1. The van der Waals surface area contributed by atoms with Crippen LogP contribution >= 0.6 is 12.2 Å². The maximum atomic E-state index is 13.5. The van der Waals surface area contributed by atoms with Gasteiger partial charge in [-0.2, -0.15) is 4.31 Å². The number of benzene rings is 1. The summed E-state index contributed by atoms with van der Waals surface area (Å²) in [5.74, 6) is -0.631. The van der Waals surface area contributed by atoms with Crippen LogP contribution in [0.25, 0.3) is 0 Å². The number of sulfonamides is 1. The Hall–Kier alpha value is -1.05. The second kappa shape index (κ2) is 5.75. The van der Waals surface area contributed by atoms with Gasteiger partial charge in [0.05, 0.1) is 4.90 Å². The third-order valence-electron chi connectivity index (χ3n) is 3.58. The number of hydrogen-bond donors (Lipinski definition) is 1. The maximum Gasteiger partial charge on any atom is 0.243 e. The molecule has 1 rings (SSSR count). The van der Waals surface area contributed by atoms with Gasteiger partial charge < -0.3 is 5.73 Å². The molecule has 7 heteroatoms. The van der Waals surface area contributed by atoms with Gasteiger partial charge in [0.2, 0.25) is 10.0 Å². The van der Waals surface area contributed by atoms with E-state index in [9.17, 15) is 12.8 Å². The molecule has 1 aromatic rings. The lowest BCUT2D eigenvalue weighted by atomic mass is 10.0. The molecule has 0 saturated carbocycles. The average molecular weight is 318 g/mol. The van der Waals surface area contributed by atoms with Crippen LogP contribution in [0.4, 0.5) is 4.39 Å². The molecule has 0 bridgehead atoms. The van der Waals surface area contributed by atoms with Gasteiger partial charge in [0.15, 0.2) is 0 Å². The van der Waals surface area contributed by atoms with E-state index in [1.54, 1.807) is 0 Å². The molecule has 0 aliphatic heterocycles. The second-order valence-corrected chi connectivity index (χ2v) is 7.55. The lowest BCUT2D eigenvalue weighted by molar-refractivity contribution is 0.257. The lowest BCUT2D eigenvalue weighted by Gasteiger charge is -2.33. The van der Waals surface area contributed by atoms with Crippen molar-refractivity contribution < 1.29 is 12.8 Å². The molecule has 0 radical (unpaired) electrons. The van der Waals surface area contributed by atoms with Gasteiger partial charge in [-0.3, -0.25) is 0 Å². The van der Waals surface area contributed by atoms with Crippen molar-refractivity contribution in [2.75, 3.05) is 7.05 Å². The molecule has 4 nitrogen and oxygen atoms in total. The highest BCUT2D eigenvalue weighted by molar-refractivity contribution is 7.89. The van der Waals surface area contributed by atoms with Crippen molar-refractivity contribution in [2.24, 2.45) is 5.73 Å². The number of rotatable bonds is 5. The standard InChI is InChI=1S/C13H19FN2O2S2/c1-5-13(2,3)16(4)20(17,18)9-6-7-11(14)10(8-9)12(15)19/h6-8H,5H2,1-4H3,(H2,15,19). The Morgan fingerprint density at radius 3 is 2.45 bits per heavy atom. The van der Waals surface area contributed by atoms with E-state index in [0.717, 1.165) is 6.07 Å². The Labute approximate surface area is 124 Å². The number of thiocarbonyl (C=S) groups is 1. The molecule has 0 fully saturated rings. The number of nitrogens with zero attached hydrogens (tertiary/aromatic N) is 1. The molecule has 0 atom stereocenters. The first-order valence-electron chi connectivity index (χ1n) is 6.12. The van der Waals surface area contributed by atoms with E-state index in [0.29, 0.717) is 6.42 Å². The Balaban J connectivity index is 3.37. The molecule has 0 heterocycles. The van der Waals surface area contributed by atoms with E-state index >= 15 is 0 Å². The molecular formula is C13H19FN2O2S2. The van der Waals surface area contributed by atoms with Crippen molar-refractivity contribution >= 4 is 27.2 Å². The molecule has 20 heavy (non-hydrogen) atoms. The summed E-state index contributed by atoms with van der Waals surface area (Å²) in [5.41, 5.74) is 4.79. The summed E-state index contributed by atoms with van der Waals surface area (Å²) in [6, 6.07) is 3.46. The Morgan fingerprint density at radius 1 is 1.45 bits per heavy atom. The van der Waals surface area contributed by atoms with Crippen LogP contribution in [0.15, 0.2) is 23.1 Å². The van der Waals surface area contributed by atoms with Crippen LogP contribution in [0, 0.1) is 5.82 Å². The smallest absolute Gasteiger partial charge is 0.243 e. The van der Waals surface area contributed by atoms with E-state index in [1.165, 1.54) is 23.5 Å². The lowest BCUT2D eigenvalue weighted by Crippen LogP contribution is -2.44. The SMILES string of the molecule is CCC(C)(C)N(C)S(=O)(=O)c1ccc(F)c(C(N)=S)c1. The van der Waals surface area contributed by atoms with Gasteiger partial charge in [-0.1, -0.05) is 19.1 Å². The van der Waals surface area contributed by atoms with Crippen molar-refractivity contribution in [3.8, 4) is 0 Å². The van der Waals surface area contributed by atoms with Gasteiger partial charge in [0.25, 0.3) is 0 Å². The number of hydrogen-bond acceptors (Lipinski definition) is 3. The molecule has 0 aliphatic carbocycles. The Kier molecular flexibility index (Phi) is 4.89. The second-order valence-electron chi connectivity index (χ2n) is 5.14. The zero-order valence-electron chi connectivity index (χ0n) is 12.0. The molecule has 0 spiro atoms. The fourth-order valence-electron chi connectivity index (χ4n) is 1.56. The van der Waals surface area contributed by atoms with Crippen LogP contribution in [-0.2, 0) is 10.0 Å². The van der Waals surface area contributed by atoms with Gasteiger partial charge in [-0.25, -0.2) is 12.8 Å². The molecule has 112 valence electrons. The topological polar surface area (TPSA) is 63.4 Å². The van der Waals surface area contributed by atoms with E-state index in [4.69, 9.17) is 18.0 Å². The highest BCUT2D eigenvalue weighted by Crippen LogP contribution is 2.26. The molecule has 2 N–H and O–H groups in total. The summed E-state index contributed by atoms with van der Waals surface area (Å²) in [6.07, 6.45) is 0.645. The normalized spacial score (nSPS) is 12.7. The monoisotopic (exact) mass is 318 g/mol. The first-order valence-corrected chi connectivity index (χ1v) is 7.97. The van der Waals surface area contributed by atoms with Crippen molar-refractivity contribution in [3.63, 3.8) is 0 Å². The summed E-state index contributed by atoms with van der Waals surface area (Å²) < 4.78 is 39.9. The third kappa shape index (κ3) is 3.16. The van der Waals surface area contributed by atoms with Crippen LogP contribution in [0.3, 0.4) is 0 Å². The molecule has 0 aliphatic rings. The molecular weight excluding hydrogens is 299 g/mol. The van der Waals surface area contributed by atoms with Crippen LogP contribution in [0.5, 0.6) is 0 Å². The van der Waals surface area contributed by atoms with E-state index < -0.39 is 21.4 Å². The van der Waals surface area contributed by atoms with Gasteiger partial charge >= 0.3 is 0 Å². The zero-order valence-corrected chi connectivity index (χ0v) is 13.6. The highest BCUT2D eigenvalue weighted by atomic mass is 32.2. The summed E-state index contributed by atoms with van der Waals surface area (Å²) in [6.45, 7) is 5.54. The third-order valence-corrected chi connectivity index (χ3v) is 5.86. The minimum atomic E-state index is -3.73. The average Bonchev–Trinajstić information content (AvgIpc) is 2.37. The van der Waals surface area contributed by atoms with Crippen molar-refractivity contribution in [1.29, 1.82) is 0 Å². The fraction of sp³-hybridized carbons (Fsp3) is 0.462. The Bertz CT molecular complexity index is 627. The Morgan fingerprint density at radius 2 is 2.00 bits per heavy atom. The van der Waals surface area contributed by atoms with Gasteiger partial charge in [0, 0.05) is 18.2 Å². The van der Waals surface area contributed by atoms with Gasteiger partial charge in [-0.15, -0.1) is 0 Å². The summed E-state index contributed by atoms with van der Waals surface area (Å²) in [7, 11) is -2.23. The predicted octanol–water partition coefficient (Wildman–Crippen LogP) is 2.27. The van der Waals surface area contributed by atoms with Crippen LogP contribution in [0.1, 0.15) is 32.8 Å². The first kappa shape index (κ1) is 17.0. The molecule has 0 saturated heterocycles. The highest BCUT2D eigenvalue weighted by Gasteiger charge is 2.33. The molecule has 1 aromatic carbocycles.